The lowest BCUT2D eigenvalue weighted by Gasteiger charge is -2.16. The monoisotopic (exact) mass is 384 g/mol. The number of carboxylic acids is 1. The third kappa shape index (κ3) is 5.85. The van der Waals surface area contributed by atoms with Crippen LogP contribution < -0.4 is 14.8 Å². The topological polar surface area (TPSA) is 122 Å². The predicted octanol–water partition coefficient (Wildman–Crippen LogP) is 1.53. The molecule has 8 nitrogen and oxygen atoms in total. The van der Waals surface area contributed by atoms with Crippen molar-refractivity contribution in [1.82, 2.24) is 10.0 Å². The van der Waals surface area contributed by atoms with Gasteiger partial charge in [-0.3, -0.25) is 4.79 Å². The minimum Gasteiger partial charge on any atom is -0.495 e. The molecule has 144 valence electrons. The molecule has 0 aliphatic rings. The Labute approximate surface area is 153 Å². The maximum absolute atomic E-state index is 12.4. The second-order valence-corrected chi connectivity index (χ2v) is 7.49. The Balaban J connectivity index is 3.19. The molecule has 0 aliphatic carbocycles. The molecule has 0 saturated heterocycles. The Bertz CT molecular complexity index is 786. The van der Waals surface area contributed by atoms with Gasteiger partial charge in [-0.25, -0.2) is 17.9 Å². The van der Waals surface area contributed by atoms with Crippen LogP contribution in [0.15, 0.2) is 35.2 Å². The normalized spacial score (nSPS) is 13.0. The fourth-order valence-electron chi connectivity index (χ4n) is 2.14. The second kappa shape index (κ2) is 9.35. The van der Waals surface area contributed by atoms with E-state index in [1.54, 1.807) is 32.9 Å². The standard InChI is InChI=1S/C17H24N2O6S/c1-5-6-7-13(17(21)22)18-16(20)12-8-9-14(25-4)15(10-12)26(23,24)19-11(2)3/h5-6,8-11,13,19H,7H2,1-4H3,(H,18,20)(H,21,22)/b6-5+. The van der Waals surface area contributed by atoms with Crippen LogP contribution in [0.1, 0.15) is 37.6 Å². The van der Waals surface area contributed by atoms with Gasteiger partial charge in [-0.1, -0.05) is 12.2 Å². The average Bonchev–Trinajstić information content (AvgIpc) is 2.56. The van der Waals surface area contributed by atoms with Crippen molar-refractivity contribution in [3.05, 3.63) is 35.9 Å². The van der Waals surface area contributed by atoms with Crippen LogP contribution in [0.4, 0.5) is 0 Å². The third-order valence-corrected chi connectivity index (χ3v) is 5.00. The summed E-state index contributed by atoms with van der Waals surface area (Å²) in [4.78, 5) is 23.4. The van der Waals surface area contributed by atoms with Crippen LogP contribution in [0.5, 0.6) is 5.75 Å². The number of sulfonamides is 1. The summed E-state index contributed by atoms with van der Waals surface area (Å²) in [6.45, 7) is 5.07. The van der Waals surface area contributed by atoms with Crippen LogP contribution in [0.3, 0.4) is 0 Å². The van der Waals surface area contributed by atoms with Crippen molar-refractivity contribution < 1.29 is 27.9 Å². The molecule has 1 rings (SSSR count). The van der Waals surface area contributed by atoms with E-state index < -0.39 is 27.9 Å². The zero-order valence-electron chi connectivity index (χ0n) is 15.1. The molecule has 1 amide bonds. The Morgan fingerprint density at radius 1 is 1.31 bits per heavy atom. The van der Waals surface area contributed by atoms with Gasteiger partial charge in [0.25, 0.3) is 5.91 Å². The van der Waals surface area contributed by atoms with Crippen molar-refractivity contribution in [3.63, 3.8) is 0 Å². The average molecular weight is 384 g/mol. The lowest BCUT2D eigenvalue weighted by Crippen LogP contribution is -2.40. The second-order valence-electron chi connectivity index (χ2n) is 5.81. The Morgan fingerprint density at radius 3 is 2.46 bits per heavy atom. The van der Waals surface area contributed by atoms with E-state index in [0.29, 0.717) is 0 Å². The molecule has 0 saturated carbocycles. The fraction of sp³-hybridized carbons (Fsp3) is 0.412. The summed E-state index contributed by atoms with van der Waals surface area (Å²) in [5, 5.41) is 11.6. The van der Waals surface area contributed by atoms with E-state index >= 15 is 0 Å². The first-order valence-corrected chi connectivity index (χ1v) is 9.45. The molecular weight excluding hydrogens is 360 g/mol. The molecule has 3 N–H and O–H groups in total. The highest BCUT2D eigenvalue weighted by molar-refractivity contribution is 7.89. The van der Waals surface area contributed by atoms with Crippen LogP contribution in [-0.2, 0) is 14.8 Å². The lowest BCUT2D eigenvalue weighted by molar-refractivity contribution is -0.139. The molecule has 0 bridgehead atoms. The van der Waals surface area contributed by atoms with E-state index in [0.717, 1.165) is 6.07 Å². The summed E-state index contributed by atoms with van der Waals surface area (Å²) in [7, 11) is -2.58. The maximum Gasteiger partial charge on any atom is 0.326 e. The van der Waals surface area contributed by atoms with Gasteiger partial charge in [0, 0.05) is 11.6 Å². The van der Waals surface area contributed by atoms with E-state index in [1.165, 1.54) is 19.2 Å². The minimum atomic E-state index is -3.90. The van der Waals surface area contributed by atoms with Crippen LogP contribution in [0.2, 0.25) is 0 Å². The molecule has 9 heteroatoms. The number of carbonyl (C=O) groups is 2. The van der Waals surface area contributed by atoms with Gasteiger partial charge >= 0.3 is 5.97 Å². The van der Waals surface area contributed by atoms with Gasteiger partial charge in [-0.05, 0) is 45.4 Å². The van der Waals surface area contributed by atoms with Gasteiger partial charge in [0.1, 0.15) is 16.7 Å². The van der Waals surface area contributed by atoms with Gasteiger partial charge < -0.3 is 15.2 Å². The Kier molecular flexibility index (Phi) is 7.78. The molecule has 0 fully saturated rings. The number of methoxy groups -OCH3 is 1. The number of hydrogen-bond acceptors (Lipinski definition) is 5. The van der Waals surface area contributed by atoms with E-state index in [1.807, 2.05) is 0 Å². The quantitative estimate of drug-likeness (QED) is 0.555. The summed E-state index contributed by atoms with van der Waals surface area (Å²) < 4.78 is 32.4. The van der Waals surface area contributed by atoms with Crippen LogP contribution >= 0.6 is 0 Å². The lowest BCUT2D eigenvalue weighted by atomic mass is 10.1. The Morgan fingerprint density at radius 2 is 1.96 bits per heavy atom. The summed E-state index contributed by atoms with van der Waals surface area (Å²) in [5.41, 5.74) is 0.0154. The van der Waals surface area contributed by atoms with Crippen molar-refractivity contribution in [2.24, 2.45) is 0 Å². The van der Waals surface area contributed by atoms with Gasteiger partial charge in [0.2, 0.25) is 10.0 Å². The summed E-state index contributed by atoms with van der Waals surface area (Å²) in [6, 6.07) is 2.42. The highest BCUT2D eigenvalue weighted by atomic mass is 32.2. The van der Waals surface area contributed by atoms with Crippen molar-refractivity contribution in [1.29, 1.82) is 0 Å². The first-order valence-electron chi connectivity index (χ1n) is 7.97. The molecule has 1 aromatic rings. The molecule has 26 heavy (non-hydrogen) atoms. The van der Waals surface area contributed by atoms with Gasteiger partial charge in [0.15, 0.2) is 0 Å². The van der Waals surface area contributed by atoms with E-state index in [2.05, 4.69) is 10.0 Å². The fourth-order valence-corrected chi connectivity index (χ4v) is 3.58. The molecular formula is C17H24N2O6S. The number of carbonyl (C=O) groups excluding carboxylic acids is 1. The van der Waals surface area contributed by atoms with Crippen LogP contribution in [0.25, 0.3) is 0 Å². The van der Waals surface area contributed by atoms with Crippen molar-refractivity contribution >= 4 is 21.9 Å². The van der Waals surface area contributed by atoms with Crippen LogP contribution in [0, 0.1) is 0 Å². The number of carboxylic acid groups (broad SMARTS) is 1. The number of aliphatic carboxylic acids is 1. The smallest absolute Gasteiger partial charge is 0.326 e. The number of ether oxygens (including phenoxy) is 1. The summed E-state index contributed by atoms with van der Waals surface area (Å²) in [6.07, 6.45) is 3.42. The molecule has 1 unspecified atom stereocenters. The first-order chi connectivity index (χ1) is 12.1. The largest absolute Gasteiger partial charge is 0.495 e. The van der Waals surface area contributed by atoms with Gasteiger partial charge in [-0.15, -0.1) is 0 Å². The molecule has 1 aromatic carbocycles. The zero-order valence-corrected chi connectivity index (χ0v) is 16.0. The van der Waals surface area contributed by atoms with Crippen molar-refractivity contribution in [2.75, 3.05) is 7.11 Å². The van der Waals surface area contributed by atoms with Crippen molar-refractivity contribution in [3.8, 4) is 5.75 Å². The van der Waals surface area contributed by atoms with E-state index in [-0.39, 0.29) is 28.7 Å². The summed E-state index contributed by atoms with van der Waals surface area (Å²) in [5.74, 6) is -1.79. The molecule has 0 radical (unpaired) electrons. The maximum atomic E-state index is 12.4. The zero-order chi connectivity index (χ0) is 19.9. The van der Waals surface area contributed by atoms with E-state index in [9.17, 15) is 23.1 Å². The predicted molar refractivity (Wildman–Crippen MR) is 96.8 cm³/mol. The number of rotatable bonds is 9. The Hall–Kier alpha value is -2.39. The number of hydrogen-bond donors (Lipinski definition) is 3. The third-order valence-electron chi connectivity index (χ3n) is 3.32. The highest BCUT2D eigenvalue weighted by Crippen LogP contribution is 2.25. The number of nitrogens with one attached hydrogen (secondary N) is 2. The first kappa shape index (κ1) is 21.7. The number of allylic oxidation sites excluding steroid dienone is 1. The number of amides is 1. The minimum absolute atomic E-state index is 0.0154. The summed E-state index contributed by atoms with van der Waals surface area (Å²) >= 11 is 0. The highest BCUT2D eigenvalue weighted by Gasteiger charge is 2.24. The number of benzene rings is 1. The molecule has 0 spiro atoms. The van der Waals surface area contributed by atoms with Gasteiger partial charge in [-0.2, -0.15) is 0 Å². The molecule has 0 heterocycles. The molecule has 1 atom stereocenters. The van der Waals surface area contributed by atoms with Gasteiger partial charge in [0.05, 0.1) is 7.11 Å². The van der Waals surface area contributed by atoms with Crippen molar-refractivity contribution in [2.45, 2.75) is 44.2 Å². The SMILES string of the molecule is C/C=C/CC(NC(=O)c1ccc(OC)c(S(=O)(=O)NC(C)C)c1)C(=O)O. The molecule has 0 aliphatic heterocycles. The van der Waals surface area contributed by atoms with Crippen LogP contribution in [-0.4, -0.2) is 44.6 Å². The molecule has 0 aromatic heterocycles. The van der Waals surface area contributed by atoms with E-state index in [4.69, 9.17) is 4.74 Å².